The number of hydrogen-bond acceptors (Lipinski definition) is 5. The van der Waals surface area contributed by atoms with E-state index in [9.17, 15) is 23.1 Å². The Bertz CT molecular complexity index is 1100. The lowest BCUT2D eigenvalue weighted by Gasteiger charge is -2.13. The number of Topliss-reactive ketones (excluding diaryl/α,β-unsaturated/α-hetero) is 1. The van der Waals surface area contributed by atoms with Gasteiger partial charge < -0.3 is 10.1 Å². The van der Waals surface area contributed by atoms with E-state index in [1.807, 2.05) is 24.3 Å². The molecule has 0 spiro atoms. The van der Waals surface area contributed by atoms with E-state index < -0.39 is 22.0 Å². The first-order chi connectivity index (χ1) is 12.8. The summed E-state index contributed by atoms with van der Waals surface area (Å²) in [5, 5.41) is 10.3. The second-order valence-corrected chi connectivity index (χ2v) is 9.28. The smallest absolute Gasteiger partial charge is 0.322 e. The van der Waals surface area contributed by atoms with Crippen LogP contribution in [0, 0.1) is 0 Å². The van der Waals surface area contributed by atoms with E-state index in [0.29, 0.717) is 10.4 Å². The quantitative estimate of drug-likeness (QED) is 0.531. The van der Waals surface area contributed by atoms with Crippen molar-refractivity contribution in [2.75, 3.05) is 0 Å². The molecule has 1 atom stereocenters. The Labute approximate surface area is 160 Å². The molecule has 0 aliphatic heterocycles. The molecule has 9 heteroatoms. The van der Waals surface area contributed by atoms with Crippen molar-refractivity contribution in [1.29, 1.82) is 0 Å². The number of para-hydroxylation sites is 1. The Balaban J connectivity index is 1.82. The topological polar surface area (TPSA) is 116 Å². The molecule has 0 radical (unpaired) electrons. The van der Waals surface area contributed by atoms with Crippen molar-refractivity contribution in [3.8, 4) is 0 Å². The Morgan fingerprint density at radius 3 is 2.67 bits per heavy atom. The van der Waals surface area contributed by atoms with Crippen LogP contribution < -0.4 is 4.72 Å². The first kappa shape index (κ1) is 19.3. The zero-order valence-corrected chi connectivity index (χ0v) is 16.1. The van der Waals surface area contributed by atoms with Crippen molar-refractivity contribution in [3.63, 3.8) is 0 Å². The number of benzene rings is 1. The predicted molar refractivity (Wildman–Crippen MR) is 102 cm³/mol. The zero-order valence-electron chi connectivity index (χ0n) is 14.4. The van der Waals surface area contributed by atoms with Crippen LogP contribution in [-0.2, 0) is 32.5 Å². The molecule has 1 aromatic carbocycles. The molecule has 0 saturated carbocycles. The van der Waals surface area contributed by atoms with E-state index in [2.05, 4.69) is 9.71 Å². The summed E-state index contributed by atoms with van der Waals surface area (Å²) in [4.78, 5) is 26.5. The Morgan fingerprint density at radius 1 is 1.22 bits per heavy atom. The highest BCUT2D eigenvalue weighted by molar-refractivity contribution is 7.91. The Hall–Kier alpha value is -2.49. The van der Waals surface area contributed by atoms with Gasteiger partial charge in [-0.2, -0.15) is 4.72 Å². The standard InChI is InChI=1S/C18H18N2O5S2/c1-11(21)8-13-6-7-17(26-13)27(24,25)20-16(18(22)23)9-12-10-19-15-5-3-2-4-14(12)15/h2-7,10,16,19-20H,8-9H2,1H3,(H,22,23)/t16-/m1/s1. The van der Waals surface area contributed by atoms with Crippen molar-refractivity contribution < 1.29 is 23.1 Å². The molecule has 7 nitrogen and oxygen atoms in total. The Kier molecular flexibility index (Phi) is 5.45. The number of H-pyrrole nitrogens is 1. The number of aromatic amines is 1. The highest BCUT2D eigenvalue weighted by Gasteiger charge is 2.27. The molecule has 3 N–H and O–H groups in total. The zero-order chi connectivity index (χ0) is 19.6. The van der Waals surface area contributed by atoms with Gasteiger partial charge in [-0.15, -0.1) is 11.3 Å². The third kappa shape index (κ3) is 4.44. The summed E-state index contributed by atoms with van der Waals surface area (Å²) in [7, 11) is -4.01. The number of ketones is 1. The molecule has 0 aliphatic carbocycles. The third-order valence-electron chi connectivity index (χ3n) is 4.02. The summed E-state index contributed by atoms with van der Waals surface area (Å²) in [6.07, 6.45) is 1.84. The largest absolute Gasteiger partial charge is 0.480 e. The van der Waals surface area contributed by atoms with Gasteiger partial charge in [-0.25, -0.2) is 8.42 Å². The number of carboxylic acid groups (broad SMARTS) is 1. The van der Waals surface area contributed by atoms with Crippen LogP contribution in [0.25, 0.3) is 10.9 Å². The predicted octanol–water partition coefficient (Wildman–Crippen LogP) is 2.34. The normalized spacial score (nSPS) is 12.9. The van der Waals surface area contributed by atoms with Gasteiger partial charge in [0.1, 0.15) is 16.0 Å². The number of aliphatic carboxylic acids is 1. The number of thiophene rings is 1. The highest BCUT2D eigenvalue weighted by atomic mass is 32.2. The molecule has 2 heterocycles. The SMILES string of the molecule is CC(=O)Cc1ccc(S(=O)(=O)N[C@H](Cc2c[nH]c3ccccc23)C(=O)O)s1. The second-order valence-electron chi connectivity index (χ2n) is 6.18. The number of hydrogen-bond donors (Lipinski definition) is 3. The maximum atomic E-state index is 12.6. The minimum atomic E-state index is -4.01. The molecule has 142 valence electrons. The van der Waals surface area contributed by atoms with E-state index in [1.54, 1.807) is 12.3 Å². The summed E-state index contributed by atoms with van der Waals surface area (Å²) in [5.74, 6) is -1.33. The first-order valence-electron chi connectivity index (χ1n) is 8.14. The van der Waals surface area contributed by atoms with E-state index in [1.165, 1.54) is 13.0 Å². The summed E-state index contributed by atoms with van der Waals surface area (Å²) >= 11 is 0.962. The first-order valence-corrected chi connectivity index (χ1v) is 10.4. The maximum Gasteiger partial charge on any atom is 0.322 e. The van der Waals surface area contributed by atoms with Crippen molar-refractivity contribution >= 4 is 44.0 Å². The molecule has 27 heavy (non-hydrogen) atoms. The molecule has 0 unspecified atom stereocenters. The molecular formula is C18H18N2O5S2. The molecular weight excluding hydrogens is 388 g/mol. The monoisotopic (exact) mass is 406 g/mol. The average molecular weight is 406 g/mol. The lowest BCUT2D eigenvalue weighted by atomic mass is 10.1. The van der Waals surface area contributed by atoms with Crippen LogP contribution in [0.4, 0.5) is 0 Å². The van der Waals surface area contributed by atoms with Crippen LogP contribution in [0.2, 0.25) is 0 Å². The number of fused-ring (bicyclic) bond motifs is 1. The van der Waals surface area contributed by atoms with Crippen molar-refractivity contribution in [2.45, 2.75) is 30.0 Å². The number of carboxylic acids is 1. The van der Waals surface area contributed by atoms with Crippen LogP contribution in [0.3, 0.4) is 0 Å². The van der Waals surface area contributed by atoms with Crippen molar-refractivity contribution in [3.05, 3.63) is 53.0 Å². The lowest BCUT2D eigenvalue weighted by Crippen LogP contribution is -2.41. The Morgan fingerprint density at radius 2 is 1.96 bits per heavy atom. The van der Waals surface area contributed by atoms with Gasteiger partial charge in [-0.05, 0) is 30.7 Å². The van der Waals surface area contributed by atoms with Crippen LogP contribution in [0.15, 0.2) is 46.8 Å². The van der Waals surface area contributed by atoms with Gasteiger partial charge in [-0.3, -0.25) is 9.59 Å². The summed E-state index contributed by atoms with van der Waals surface area (Å²) < 4.78 is 27.4. The highest BCUT2D eigenvalue weighted by Crippen LogP contribution is 2.24. The van der Waals surface area contributed by atoms with Crippen LogP contribution in [0.1, 0.15) is 17.4 Å². The van der Waals surface area contributed by atoms with E-state index >= 15 is 0 Å². The lowest BCUT2D eigenvalue weighted by molar-refractivity contribution is -0.138. The summed E-state index contributed by atoms with van der Waals surface area (Å²) in [6, 6.07) is 9.04. The number of carbonyl (C=O) groups is 2. The number of carbonyl (C=O) groups excluding carboxylic acids is 1. The average Bonchev–Trinajstić information content (AvgIpc) is 3.21. The van der Waals surface area contributed by atoms with Gasteiger partial charge in [0.25, 0.3) is 10.0 Å². The summed E-state index contributed by atoms with van der Waals surface area (Å²) in [5.41, 5.74) is 1.57. The molecule has 3 aromatic rings. The van der Waals surface area contributed by atoms with Crippen molar-refractivity contribution in [1.82, 2.24) is 9.71 Å². The van der Waals surface area contributed by atoms with Gasteiger partial charge in [-0.1, -0.05) is 18.2 Å². The minimum absolute atomic E-state index is 0.00422. The fraction of sp³-hybridized carbons (Fsp3) is 0.222. The van der Waals surface area contributed by atoms with Crippen LogP contribution >= 0.6 is 11.3 Å². The number of sulfonamides is 1. The van der Waals surface area contributed by atoms with Gasteiger partial charge in [0.05, 0.1) is 0 Å². The van der Waals surface area contributed by atoms with E-state index in [0.717, 1.165) is 22.2 Å². The van der Waals surface area contributed by atoms with Crippen LogP contribution in [0.5, 0.6) is 0 Å². The molecule has 0 amide bonds. The summed E-state index contributed by atoms with van der Waals surface area (Å²) in [6.45, 7) is 1.42. The molecule has 0 fully saturated rings. The maximum absolute atomic E-state index is 12.6. The second kappa shape index (κ2) is 7.63. The fourth-order valence-corrected chi connectivity index (χ4v) is 5.42. The molecule has 0 bridgehead atoms. The van der Waals surface area contributed by atoms with Gasteiger partial charge in [0.15, 0.2) is 0 Å². The van der Waals surface area contributed by atoms with Gasteiger partial charge >= 0.3 is 5.97 Å². The van der Waals surface area contributed by atoms with Gasteiger partial charge in [0, 0.05) is 34.8 Å². The molecule has 2 aromatic heterocycles. The fourth-order valence-electron chi connectivity index (χ4n) is 2.79. The number of nitrogens with one attached hydrogen (secondary N) is 2. The number of aromatic nitrogens is 1. The third-order valence-corrected chi connectivity index (χ3v) is 7.07. The minimum Gasteiger partial charge on any atom is -0.480 e. The van der Waals surface area contributed by atoms with E-state index in [4.69, 9.17) is 0 Å². The number of rotatable bonds is 8. The molecule has 3 rings (SSSR count). The van der Waals surface area contributed by atoms with Crippen LogP contribution in [-0.4, -0.2) is 36.3 Å². The van der Waals surface area contributed by atoms with Gasteiger partial charge in [0.2, 0.25) is 0 Å². The van der Waals surface area contributed by atoms with Crippen molar-refractivity contribution in [2.24, 2.45) is 0 Å². The molecule has 0 saturated heterocycles. The molecule has 0 aliphatic rings. The van der Waals surface area contributed by atoms with E-state index in [-0.39, 0.29) is 22.8 Å².